The number of carboxylic acid groups (broad SMARTS) is 1. The molecule has 0 unspecified atom stereocenters. The lowest BCUT2D eigenvalue weighted by molar-refractivity contribution is 0.0687. The summed E-state index contributed by atoms with van der Waals surface area (Å²) in [7, 11) is 1.81. The topological polar surface area (TPSA) is 42.2 Å². The average Bonchev–Trinajstić information content (AvgIpc) is 2.78. The van der Waals surface area contributed by atoms with Crippen LogP contribution in [-0.4, -0.2) is 15.6 Å². The highest BCUT2D eigenvalue weighted by Crippen LogP contribution is 2.37. The summed E-state index contributed by atoms with van der Waals surface area (Å²) < 4.78 is 4.04. The first-order valence-electron chi connectivity index (χ1n) is 5.30. The molecule has 3 aromatic rings. The highest BCUT2D eigenvalue weighted by molar-refractivity contribution is 7.26. The standard InChI is InChI=1S/C13H11NO2S/c1-7-4-3-5-8-11-10(17-12(7)8)6-9(13(15)16)14(11)2/h3-6H,1-2H3,(H,15,16). The van der Waals surface area contributed by atoms with E-state index < -0.39 is 5.97 Å². The van der Waals surface area contributed by atoms with E-state index in [-0.39, 0.29) is 0 Å². The van der Waals surface area contributed by atoms with Crippen molar-refractivity contribution in [3.05, 3.63) is 35.5 Å². The highest BCUT2D eigenvalue weighted by Gasteiger charge is 2.16. The third kappa shape index (κ3) is 1.31. The van der Waals surface area contributed by atoms with Crippen LogP contribution in [0.4, 0.5) is 0 Å². The van der Waals surface area contributed by atoms with Gasteiger partial charge in [0, 0.05) is 17.1 Å². The summed E-state index contributed by atoms with van der Waals surface area (Å²) in [5.74, 6) is -0.878. The van der Waals surface area contributed by atoms with Gasteiger partial charge in [-0.1, -0.05) is 18.2 Å². The van der Waals surface area contributed by atoms with E-state index in [1.165, 1.54) is 10.3 Å². The number of rotatable bonds is 1. The fraction of sp³-hybridized carbons (Fsp3) is 0.154. The number of fused-ring (bicyclic) bond motifs is 3. The van der Waals surface area contributed by atoms with Crippen molar-refractivity contribution in [1.29, 1.82) is 0 Å². The van der Waals surface area contributed by atoms with Crippen molar-refractivity contribution in [2.45, 2.75) is 6.92 Å². The van der Waals surface area contributed by atoms with E-state index >= 15 is 0 Å². The highest BCUT2D eigenvalue weighted by atomic mass is 32.1. The number of aryl methyl sites for hydroxylation is 2. The predicted octanol–water partition coefficient (Wildman–Crippen LogP) is 3.40. The van der Waals surface area contributed by atoms with Crippen LogP contribution in [0.15, 0.2) is 24.3 Å². The van der Waals surface area contributed by atoms with E-state index in [9.17, 15) is 4.79 Å². The van der Waals surface area contributed by atoms with Gasteiger partial charge in [-0.3, -0.25) is 0 Å². The zero-order valence-corrected chi connectivity index (χ0v) is 10.3. The molecule has 3 rings (SSSR count). The van der Waals surface area contributed by atoms with Crippen molar-refractivity contribution >= 4 is 37.6 Å². The minimum Gasteiger partial charge on any atom is -0.477 e. The molecule has 0 bridgehead atoms. The minimum atomic E-state index is -0.878. The van der Waals surface area contributed by atoms with E-state index in [2.05, 4.69) is 13.0 Å². The van der Waals surface area contributed by atoms with Gasteiger partial charge in [0.25, 0.3) is 0 Å². The van der Waals surface area contributed by atoms with Crippen molar-refractivity contribution in [1.82, 2.24) is 4.57 Å². The van der Waals surface area contributed by atoms with Gasteiger partial charge in [0.15, 0.2) is 0 Å². The largest absolute Gasteiger partial charge is 0.477 e. The number of benzene rings is 1. The maximum Gasteiger partial charge on any atom is 0.352 e. The SMILES string of the molecule is Cc1cccc2c1sc1cc(C(=O)O)n(C)c12. The molecule has 0 spiro atoms. The molecular formula is C13H11NO2S. The molecule has 0 aliphatic heterocycles. The molecular weight excluding hydrogens is 234 g/mol. The second kappa shape index (κ2) is 3.34. The Labute approximate surface area is 102 Å². The number of aromatic nitrogens is 1. The quantitative estimate of drug-likeness (QED) is 0.714. The lowest BCUT2D eigenvalue weighted by Gasteiger charge is -2.00. The number of aromatic carboxylic acids is 1. The molecule has 3 nitrogen and oxygen atoms in total. The van der Waals surface area contributed by atoms with Crippen LogP contribution < -0.4 is 0 Å². The summed E-state index contributed by atoms with van der Waals surface area (Å²) in [4.78, 5) is 11.1. The number of carbonyl (C=O) groups is 1. The van der Waals surface area contributed by atoms with Gasteiger partial charge in [0.2, 0.25) is 0 Å². The van der Waals surface area contributed by atoms with Crippen LogP contribution in [0.1, 0.15) is 16.1 Å². The lowest BCUT2D eigenvalue weighted by Crippen LogP contribution is -2.03. The van der Waals surface area contributed by atoms with Gasteiger partial charge in [-0.15, -0.1) is 11.3 Å². The molecule has 1 N–H and O–H groups in total. The van der Waals surface area contributed by atoms with Crippen LogP contribution >= 0.6 is 11.3 Å². The number of hydrogen-bond acceptors (Lipinski definition) is 2. The molecule has 0 atom stereocenters. The number of nitrogens with zero attached hydrogens (tertiary/aromatic N) is 1. The molecule has 0 radical (unpaired) electrons. The van der Waals surface area contributed by atoms with Gasteiger partial charge < -0.3 is 9.67 Å². The fourth-order valence-corrected chi connectivity index (χ4v) is 3.49. The Morgan fingerprint density at radius 1 is 1.41 bits per heavy atom. The van der Waals surface area contributed by atoms with Crippen molar-refractivity contribution in [2.75, 3.05) is 0 Å². The molecule has 86 valence electrons. The first-order chi connectivity index (χ1) is 8.09. The molecule has 0 amide bonds. The van der Waals surface area contributed by atoms with Crippen molar-refractivity contribution < 1.29 is 9.90 Å². The summed E-state index contributed by atoms with van der Waals surface area (Å²) in [6.45, 7) is 2.08. The number of thiophene rings is 1. The molecule has 0 saturated heterocycles. The monoisotopic (exact) mass is 245 g/mol. The summed E-state index contributed by atoms with van der Waals surface area (Å²) in [5, 5.41) is 10.2. The molecule has 2 aromatic heterocycles. The van der Waals surface area contributed by atoms with Gasteiger partial charge >= 0.3 is 5.97 Å². The van der Waals surface area contributed by atoms with Gasteiger partial charge in [0.1, 0.15) is 5.69 Å². The van der Waals surface area contributed by atoms with Crippen LogP contribution in [0.3, 0.4) is 0 Å². The second-order valence-corrected chi connectivity index (χ2v) is 5.21. The van der Waals surface area contributed by atoms with E-state index in [0.29, 0.717) is 5.69 Å². The Kier molecular flexibility index (Phi) is 2.03. The van der Waals surface area contributed by atoms with Crippen LogP contribution in [0.5, 0.6) is 0 Å². The maximum atomic E-state index is 11.1. The molecule has 4 heteroatoms. The van der Waals surface area contributed by atoms with Crippen LogP contribution in [-0.2, 0) is 7.05 Å². The Balaban J connectivity index is 2.50. The molecule has 0 saturated carbocycles. The normalized spacial score (nSPS) is 11.4. The third-order valence-corrected chi connectivity index (χ3v) is 4.37. The summed E-state index contributed by atoms with van der Waals surface area (Å²) in [6.07, 6.45) is 0. The van der Waals surface area contributed by atoms with E-state index in [1.807, 2.05) is 12.1 Å². The first kappa shape index (κ1) is 10.4. The van der Waals surface area contributed by atoms with E-state index in [4.69, 9.17) is 5.11 Å². The van der Waals surface area contributed by atoms with Crippen LogP contribution in [0, 0.1) is 6.92 Å². The molecule has 1 aromatic carbocycles. The predicted molar refractivity (Wildman–Crippen MR) is 70.0 cm³/mol. The van der Waals surface area contributed by atoms with Crippen molar-refractivity contribution in [3.8, 4) is 0 Å². The number of hydrogen-bond donors (Lipinski definition) is 1. The van der Waals surface area contributed by atoms with Gasteiger partial charge in [-0.05, 0) is 18.6 Å². The zero-order chi connectivity index (χ0) is 12.2. The Hall–Kier alpha value is -1.81. The number of carboxylic acids is 1. The zero-order valence-electron chi connectivity index (χ0n) is 9.52. The Morgan fingerprint density at radius 3 is 2.88 bits per heavy atom. The van der Waals surface area contributed by atoms with Crippen LogP contribution in [0.2, 0.25) is 0 Å². The second-order valence-electron chi connectivity index (χ2n) is 4.16. The molecule has 0 fully saturated rings. The summed E-state index contributed by atoms with van der Waals surface area (Å²) >= 11 is 1.66. The molecule has 2 heterocycles. The van der Waals surface area contributed by atoms with Gasteiger partial charge in [0.05, 0.1) is 10.2 Å². The third-order valence-electron chi connectivity index (χ3n) is 3.10. The van der Waals surface area contributed by atoms with Gasteiger partial charge in [-0.2, -0.15) is 0 Å². The van der Waals surface area contributed by atoms with Crippen LogP contribution in [0.25, 0.3) is 20.3 Å². The Morgan fingerprint density at radius 2 is 2.18 bits per heavy atom. The molecule has 17 heavy (non-hydrogen) atoms. The van der Waals surface area contributed by atoms with Gasteiger partial charge in [-0.25, -0.2) is 4.79 Å². The average molecular weight is 245 g/mol. The van der Waals surface area contributed by atoms with E-state index in [0.717, 1.165) is 15.6 Å². The summed E-state index contributed by atoms with van der Waals surface area (Å²) in [5.41, 5.74) is 2.60. The lowest BCUT2D eigenvalue weighted by atomic mass is 10.2. The smallest absolute Gasteiger partial charge is 0.352 e. The minimum absolute atomic E-state index is 0.342. The maximum absolute atomic E-state index is 11.1. The Bertz CT molecular complexity index is 752. The van der Waals surface area contributed by atoms with Crippen molar-refractivity contribution in [2.24, 2.45) is 7.05 Å². The van der Waals surface area contributed by atoms with Crippen molar-refractivity contribution in [3.63, 3.8) is 0 Å². The van der Waals surface area contributed by atoms with E-state index in [1.54, 1.807) is 29.0 Å². The fourth-order valence-electron chi connectivity index (χ4n) is 2.26. The molecule has 0 aliphatic carbocycles. The molecule has 0 aliphatic rings. The first-order valence-corrected chi connectivity index (χ1v) is 6.12. The summed E-state index contributed by atoms with van der Waals surface area (Å²) in [6, 6.07) is 7.89.